The first-order valence-corrected chi connectivity index (χ1v) is 13.1. The number of hydrogen-bond acceptors (Lipinski definition) is 5. The van der Waals surface area contributed by atoms with Crippen LogP contribution in [0.15, 0.2) is 97.3 Å². The van der Waals surface area contributed by atoms with Gasteiger partial charge in [0.1, 0.15) is 0 Å². The van der Waals surface area contributed by atoms with Gasteiger partial charge in [-0.05, 0) is 54.2 Å². The number of para-hydroxylation sites is 1. The van der Waals surface area contributed by atoms with Gasteiger partial charge in [0.05, 0.1) is 28.8 Å². The summed E-state index contributed by atoms with van der Waals surface area (Å²) in [4.78, 5) is 38.0. The minimum absolute atomic E-state index is 0.00436. The number of piperidine rings is 1. The highest BCUT2D eigenvalue weighted by Gasteiger charge is 2.25. The smallest absolute Gasteiger partial charge is 0.276 e. The molecule has 2 amide bonds. The number of nitrogens with zero attached hydrogens (tertiary/aromatic N) is 4. The van der Waals surface area contributed by atoms with Crippen molar-refractivity contribution in [2.45, 2.75) is 25.3 Å². The van der Waals surface area contributed by atoms with Gasteiger partial charge in [0.15, 0.2) is 0 Å². The van der Waals surface area contributed by atoms with Gasteiger partial charge >= 0.3 is 0 Å². The second-order valence-electron chi connectivity index (χ2n) is 9.74. The summed E-state index contributed by atoms with van der Waals surface area (Å²) in [6, 6.07) is 24.0. The molecule has 0 saturated carbocycles. The van der Waals surface area contributed by atoms with E-state index in [2.05, 4.69) is 10.4 Å². The first-order chi connectivity index (χ1) is 19.5. The van der Waals surface area contributed by atoms with E-state index in [1.54, 1.807) is 29.1 Å². The third-order valence-electron chi connectivity index (χ3n) is 7.05. The van der Waals surface area contributed by atoms with Crippen LogP contribution in [0.2, 0.25) is 0 Å². The third-order valence-corrected chi connectivity index (χ3v) is 7.05. The summed E-state index contributed by atoms with van der Waals surface area (Å²) in [6.07, 6.45) is 7.88. The summed E-state index contributed by atoms with van der Waals surface area (Å²) in [6.45, 7) is 1.96. The normalized spacial score (nSPS) is 13.8. The van der Waals surface area contributed by atoms with Crippen molar-refractivity contribution in [2.24, 2.45) is 0 Å². The first-order valence-electron chi connectivity index (χ1n) is 13.1. The summed E-state index contributed by atoms with van der Waals surface area (Å²) in [5.74, 6) is -0.0392. The van der Waals surface area contributed by atoms with Crippen molar-refractivity contribution < 1.29 is 14.5 Å². The number of carbonyl (C=O) groups excluding carboxylic acids is 2. The summed E-state index contributed by atoms with van der Waals surface area (Å²) in [7, 11) is 0. The molecule has 9 heteroatoms. The Balaban J connectivity index is 1.12. The molecule has 9 nitrogen and oxygen atoms in total. The summed E-state index contributed by atoms with van der Waals surface area (Å²) >= 11 is 0. The van der Waals surface area contributed by atoms with Crippen LogP contribution in [0.3, 0.4) is 0 Å². The fourth-order valence-electron chi connectivity index (χ4n) is 4.91. The van der Waals surface area contributed by atoms with Crippen molar-refractivity contribution in [1.82, 2.24) is 14.7 Å². The van der Waals surface area contributed by atoms with E-state index in [9.17, 15) is 19.7 Å². The van der Waals surface area contributed by atoms with Gasteiger partial charge in [0, 0.05) is 37.1 Å². The maximum absolute atomic E-state index is 13.0. The average molecular weight is 536 g/mol. The minimum atomic E-state index is -0.475. The quantitative estimate of drug-likeness (QED) is 0.182. The Hall–Kier alpha value is -5.05. The molecule has 0 aliphatic carbocycles. The van der Waals surface area contributed by atoms with E-state index in [1.807, 2.05) is 65.7 Å². The molecule has 3 aromatic carbocycles. The zero-order valence-electron chi connectivity index (χ0n) is 21.8. The molecule has 0 atom stereocenters. The lowest BCUT2D eigenvalue weighted by Crippen LogP contribution is -2.37. The van der Waals surface area contributed by atoms with Gasteiger partial charge in [0.25, 0.3) is 11.6 Å². The number of nitrogens with one attached hydrogen (secondary N) is 1. The molecule has 0 spiro atoms. The number of amides is 2. The Labute approximate surface area is 231 Å². The number of carbonyl (C=O) groups is 2. The van der Waals surface area contributed by atoms with Gasteiger partial charge in [-0.1, -0.05) is 54.6 Å². The average Bonchev–Trinajstić information content (AvgIpc) is 3.45. The fraction of sp³-hybridized carbons (Fsp3) is 0.194. The Morgan fingerprint density at radius 3 is 2.40 bits per heavy atom. The lowest BCUT2D eigenvalue weighted by Gasteiger charge is -2.32. The van der Waals surface area contributed by atoms with Gasteiger partial charge in [-0.25, -0.2) is 0 Å². The van der Waals surface area contributed by atoms with Crippen LogP contribution in [-0.2, 0) is 11.3 Å². The highest BCUT2D eigenvalue weighted by molar-refractivity contribution is 6.02. The van der Waals surface area contributed by atoms with Crippen LogP contribution in [-0.4, -0.2) is 44.5 Å². The van der Waals surface area contributed by atoms with Crippen molar-refractivity contribution in [3.05, 3.63) is 130 Å². The van der Waals surface area contributed by atoms with Gasteiger partial charge in [-0.2, -0.15) is 5.10 Å². The fourth-order valence-corrected chi connectivity index (χ4v) is 4.91. The minimum Gasteiger partial charge on any atom is -0.339 e. The molecule has 1 saturated heterocycles. The van der Waals surface area contributed by atoms with Gasteiger partial charge in [-0.15, -0.1) is 0 Å². The number of benzene rings is 3. The van der Waals surface area contributed by atoms with Crippen LogP contribution in [0.1, 0.15) is 45.8 Å². The van der Waals surface area contributed by atoms with Crippen molar-refractivity contribution in [3.8, 4) is 0 Å². The Bertz CT molecular complexity index is 1520. The Kier molecular flexibility index (Phi) is 8.10. The monoisotopic (exact) mass is 535 g/mol. The predicted octanol–water partition coefficient (Wildman–Crippen LogP) is 5.51. The summed E-state index contributed by atoms with van der Waals surface area (Å²) < 4.78 is 1.79. The lowest BCUT2D eigenvalue weighted by atomic mass is 9.89. The summed E-state index contributed by atoms with van der Waals surface area (Å²) in [5.41, 5.74) is 3.85. The molecule has 1 aliphatic heterocycles. The molecule has 1 aromatic heterocycles. The summed E-state index contributed by atoms with van der Waals surface area (Å²) in [5, 5.41) is 18.3. The van der Waals surface area contributed by atoms with Gasteiger partial charge in [-0.3, -0.25) is 24.4 Å². The molecular weight excluding hydrogens is 506 g/mol. The second kappa shape index (κ2) is 12.2. The highest BCUT2D eigenvalue weighted by atomic mass is 16.6. The van der Waals surface area contributed by atoms with Crippen LogP contribution in [0.25, 0.3) is 6.08 Å². The molecule has 1 aliphatic rings. The van der Waals surface area contributed by atoms with Crippen LogP contribution in [0.5, 0.6) is 0 Å². The maximum atomic E-state index is 13.0. The second-order valence-corrected chi connectivity index (χ2v) is 9.74. The zero-order valence-corrected chi connectivity index (χ0v) is 21.8. The molecule has 202 valence electrons. The number of likely N-dealkylation sites (tertiary alicyclic amines) is 1. The van der Waals surface area contributed by atoms with E-state index in [-0.39, 0.29) is 17.5 Å². The number of rotatable bonds is 8. The number of nitro benzene ring substituents is 1. The molecule has 0 radical (unpaired) electrons. The van der Waals surface area contributed by atoms with Crippen LogP contribution < -0.4 is 5.32 Å². The van der Waals surface area contributed by atoms with E-state index in [0.717, 1.165) is 24.0 Å². The van der Waals surface area contributed by atoms with Gasteiger partial charge in [0.2, 0.25) is 5.91 Å². The van der Waals surface area contributed by atoms with Crippen molar-refractivity contribution in [1.29, 1.82) is 0 Å². The number of aromatic nitrogens is 2. The predicted molar refractivity (Wildman–Crippen MR) is 153 cm³/mol. The number of nitro groups is 1. The van der Waals surface area contributed by atoms with Crippen LogP contribution >= 0.6 is 0 Å². The van der Waals surface area contributed by atoms with Crippen molar-refractivity contribution in [3.63, 3.8) is 0 Å². The van der Waals surface area contributed by atoms with Crippen molar-refractivity contribution in [2.75, 3.05) is 18.4 Å². The van der Waals surface area contributed by atoms with E-state index in [1.165, 1.54) is 18.2 Å². The lowest BCUT2D eigenvalue weighted by molar-refractivity contribution is -0.385. The molecule has 1 fully saturated rings. The molecule has 40 heavy (non-hydrogen) atoms. The first kappa shape index (κ1) is 26.6. The van der Waals surface area contributed by atoms with E-state index in [0.29, 0.717) is 42.4 Å². The number of anilines is 1. The largest absolute Gasteiger partial charge is 0.339 e. The standard InChI is InChI=1S/C31H29N5O4/c37-30(15-12-26-8-4-5-9-29(26)36(39)40)33-28-13-10-24(11-14-28)25-16-18-34(19-17-25)31(38)27-20-32-35(22-27)21-23-6-2-1-3-7-23/h1-15,20,22,25H,16-19,21H2,(H,33,37)/b15-12+. The topological polar surface area (TPSA) is 110 Å². The number of hydrogen-bond donors (Lipinski definition) is 1. The highest BCUT2D eigenvalue weighted by Crippen LogP contribution is 2.29. The maximum Gasteiger partial charge on any atom is 0.276 e. The molecule has 0 bridgehead atoms. The van der Waals surface area contributed by atoms with Crippen LogP contribution in [0.4, 0.5) is 11.4 Å². The molecular formula is C31H29N5O4. The zero-order chi connectivity index (χ0) is 27.9. The molecule has 0 unspecified atom stereocenters. The third kappa shape index (κ3) is 6.50. The molecule has 2 heterocycles. The Morgan fingerprint density at radius 1 is 0.975 bits per heavy atom. The Morgan fingerprint density at radius 2 is 1.68 bits per heavy atom. The molecule has 1 N–H and O–H groups in total. The van der Waals surface area contributed by atoms with E-state index >= 15 is 0 Å². The van der Waals surface area contributed by atoms with Crippen LogP contribution in [0, 0.1) is 10.1 Å². The van der Waals surface area contributed by atoms with Gasteiger partial charge < -0.3 is 10.2 Å². The molecule has 5 rings (SSSR count). The van der Waals surface area contributed by atoms with Crippen molar-refractivity contribution >= 4 is 29.3 Å². The SMILES string of the molecule is O=C(/C=C/c1ccccc1[N+](=O)[O-])Nc1ccc(C2CCN(C(=O)c3cnn(Cc4ccccc4)c3)CC2)cc1. The van der Waals surface area contributed by atoms with E-state index in [4.69, 9.17) is 0 Å². The van der Waals surface area contributed by atoms with E-state index < -0.39 is 4.92 Å². The molecule has 4 aromatic rings.